The Morgan fingerprint density at radius 3 is 2.34 bits per heavy atom. The lowest BCUT2D eigenvalue weighted by Crippen LogP contribution is -2.28. The molecule has 8 heteroatoms. The fraction of sp³-hybridized carbons (Fsp3) is 0.208. The highest BCUT2D eigenvalue weighted by Crippen LogP contribution is 2.30. The van der Waals surface area contributed by atoms with Crippen LogP contribution in [0.5, 0.6) is 0 Å². The normalized spacial score (nSPS) is 11.5. The molecule has 0 saturated carbocycles. The number of carbonyl (C=O) groups excluding carboxylic acids is 1. The Labute approximate surface area is 192 Å². The third kappa shape index (κ3) is 6.66. The van der Waals surface area contributed by atoms with Gasteiger partial charge in [-0.15, -0.1) is 11.8 Å². The van der Waals surface area contributed by atoms with Crippen LogP contribution < -0.4 is 5.32 Å². The van der Waals surface area contributed by atoms with Gasteiger partial charge in [0.25, 0.3) is 0 Å². The molecule has 32 heavy (non-hydrogen) atoms. The molecular formula is C24H25FN2O3S2. The molecule has 0 spiro atoms. The third-order valence-corrected chi connectivity index (χ3v) is 7.81. The van der Waals surface area contributed by atoms with E-state index in [1.54, 1.807) is 11.8 Å². The van der Waals surface area contributed by atoms with Crippen molar-refractivity contribution in [2.45, 2.75) is 28.4 Å². The topological polar surface area (TPSA) is 66.5 Å². The Morgan fingerprint density at radius 2 is 1.62 bits per heavy atom. The maximum atomic E-state index is 13.1. The van der Waals surface area contributed by atoms with Crippen molar-refractivity contribution in [3.05, 3.63) is 90.2 Å². The zero-order valence-corrected chi connectivity index (χ0v) is 19.3. The first-order chi connectivity index (χ1) is 15.4. The number of halogens is 1. The number of anilines is 1. The zero-order chi connectivity index (χ0) is 23.0. The van der Waals surface area contributed by atoms with E-state index in [0.29, 0.717) is 6.42 Å². The van der Waals surface area contributed by atoms with Gasteiger partial charge in [0.1, 0.15) is 5.82 Å². The average Bonchev–Trinajstić information content (AvgIpc) is 2.79. The summed E-state index contributed by atoms with van der Waals surface area (Å²) >= 11 is 1.64. The number of hydrogen-bond acceptors (Lipinski definition) is 4. The predicted octanol–water partition coefficient (Wildman–Crippen LogP) is 5.16. The van der Waals surface area contributed by atoms with E-state index in [1.165, 1.54) is 29.0 Å². The van der Waals surface area contributed by atoms with Gasteiger partial charge in [0.15, 0.2) is 0 Å². The van der Waals surface area contributed by atoms with Crippen LogP contribution in [0.3, 0.4) is 0 Å². The molecule has 0 saturated heterocycles. The highest BCUT2D eigenvalue weighted by Gasteiger charge is 2.20. The molecule has 0 unspecified atom stereocenters. The minimum atomic E-state index is -3.72. The standard InChI is InChI=1S/C24H25FN2O3S2/c1-27(32(29,30)21-15-13-20(25)14-16-21)17-7-12-24(28)26-22-10-5-6-11-23(22)31-18-19-8-3-2-4-9-19/h2-6,8-11,13-16H,7,12,17-18H2,1H3,(H,26,28). The van der Waals surface area contributed by atoms with Gasteiger partial charge in [-0.05, 0) is 48.4 Å². The molecule has 3 rings (SSSR count). The third-order valence-electron chi connectivity index (χ3n) is 4.80. The summed E-state index contributed by atoms with van der Waals surface area (Å²) in [5.41, 5.74) is 1.94. The van der Waals surface area contributed by atoms with E-state index >= 15 is 0 Å². The molecule has 0 bridgehead atoms. The predicted molar refractivity (Wildman–Crippen MR) is 127 cm³/mol. The van der Waals surface area contributed by atoms with Crippen molar-refractivity contribution >= 4 is 33.4 Å². The molecule has 0 fully saturated rings. The largest absolute Gasteiger partial charge is 0.325 e. The van der Waals surface area contributed by atoms with Crippen molar-refractivity contribution in [2.75, 3.05) is 18.9 Å². The number of para-hydroxylation sites is 1. The van der Waals surface area contributed by atoms with Gasteiger partial charge >= 0.3 is 0 Å². The van der Waals surface area contributed by atoms with Crippen LogP contribution >= 0.6 is 11.8 Å². The van der Waals surface area contributed by atoms with Crippen molar-refractivity contribution in [1.29, 1.82) is 0 Å². The number of nitrogens with zero attached hydrogens (tertiary/aromatic N) is 1. The second-order valence-electron chi connectivity index (χ2n) is 7.20. The number of hydrogen-bond donors (Lipinski definition) is 1. The van der Waals surface area contributed by atoms with E-state index in [9.17, 15) is 17.6 Å². The summed E-state index contributed by atoms with van der Waals surface area (Å²) < 4.78 is 39.3. The van der Waals surface area contributed by atoms with Crippen LogP contribution in [0.25, 0.3) is 0 Å². The highest BCUT2D eigenvalue weighted by atomic mass is 32.2. The number of nitrogens with one attached hydrogen (secondary N) is 1. The van der Waals surface area contributed by atoms with Crippen molar-refractivity contribution in [1.82, 2.24) is 4.31 Å². The molecule has 1 N–H and O–H groups in total. The molecule has 0 atom stereocenters. The Balaban J connectivity index is 1.51. The number of benzene rings is 3. The molecule has 3 aromatic carbocycles. The summed E-state index contributed by atoms with van der Waals surface area (Å²) in [5, 5.41) is 2.93. The van der Waals surface area contributed by atoms with Crippen molar-refractivity contribution in [2.24, 2.45) is 0 Å². The van der Waals surface area contributed by atoms with Gasteiger partial charge in [-0.2, -0.15) is 0 Å². The van der Waals surface area contributed by atoms with Crippen molar-refractivity contribution in [3.63, 3.8) is 0 Å². The lowest BCUT2D eigenvalue weighted by atomic mass is 10.2. The van der Waals surface area contributed by atoms with Gasteiger partial charge < -0.3 is 5.32 Å². The summed E-state index contributed by atoms with van der Waals surface area (Å²) in [4.78, 5) is 13.4. The van der Waals surface area contributed by atoms with Crippen LogP contribution in [0, 0.1) is 5.82 Å². The number of carbonyl (C=O) groups is 1. The maximum absolute atomic E-state index is 13.1. The summed E-state index contributed by atoms with van der Waals surface area (Å²) in [7, 11) is -2.27. The average molecular weight is 473 g/mol. The summed E-state index contributed by atoms with van der Waals surface area (Å²) in [6.45, 7) is 0.178. The lowest BCUT2D eigenvalue weighted by molar-refractivity contribution is -0.116. The maximum Gasteiger partial charge on any atom is 0.242 e. The summed E-state index contributed by atoms with van der Waals surface area (Å²) in [6.07, 6.45) is 0.545. The van der Waals surface area contributed by atoms with Gasteiger partial charge in [-0.1, -0.05) is 42.5 Å². The molecule has 0 aliphatic rings. The van der Waals surface area contributed by atoms with Gasteiger partial charge in [0.05, 0.1) is 10.6 Å². The van der Waals surface area contributed by atoms with Gasteiger partial charge in [0.2, 0.25) is 15.9 Å². The molecule has 168 valence electrons. The van der Waals surface area contributed by atoms with Gasteiger partial charge in [-0.25, -0.2) is 17.1 Å². The van der Waals surface area contributed by atoms with Crippen LogP contribution in [0.4, 0.5) is 10.1 Å². The fourth-order valence-electron chi connectivity index (χ4n) is 3.01. The second-order valence-corrected chi connectivity index (χ2v) is 10.3. The minimum absolute atomic E-state index is 0.0234. The Bertz CT molecular complexity index is 1140. The fourth-order valence-corrected chi connectivity index (χ4v) is 5.19. The molecule has 5 nitrogen and oxygen atoms in total. The molecule has 0 heterocycles. The molecule has 0 aromatic heterocycles. The van der Waals surface area contributed by atoms with Crippen LogP contribution in [-0.2, 0) is 20.6 Å². The Morgan fingerprint density at radius 1 is 0.969 bits per heavy atom. The Kier molecular flexibility index (Phi) is 8.44. The quantitative estimate of drug-likeness (QED) is 0.414. The smallest absolute Gasteiger partial charge is 0.242 e. The lowest BCUT2D eigenvalue weighted by Gasteiger charge is -2.17. The van der Waals surface area contributed by atoms with E-state index in [0.717, 1.165) is 28.5 Å². The second kappa shape index (κ2) is 11.3. The van der Waals surface area contributed by atoms with Crippen molar-refractivity contribution < 1.29 is 17.6 Å². The number of thioether (sulfide) groups is 1. The molecule has 0 aliphatic heterocycles. The van der Waals surface area contributed by atoms with Gasteiger partial charge in [0, 0.05) is 30.7 Å². The number of amides is 1. The number of sulfonamides is 1. The molecule has 0 radical (unpaired) electrons. The highest BCUT2D eigenvalue weighted by molar-refractivity contribution is 7.98. The molecular weight excluding hydrogens is 447 g/mol. The zero-order valence-electron chi connectivity index (χ0n) is 17.7. The first-order valence-electron chi connectivity index (χ1n) is 10.1. The first kappa shape index (κ1) is 24.0. The molecule has 0 aliphatic carbocycles. The SMILES string of the molecule is CN(CCCC(=O)Nc1ccccc1SCc1ccccc1)S(=O)(=O)c1ccc(F)cc1. The monoisotopic (exact) mass is 472 g/mol. The van der Waals surface area contributed by atoms with Crippen LogP contribution in [0.15, 0.2) is 88.7 Å². The van der Waals surface area contributed by atoms with Crippen LogP contribution in [-0.4, -0.2) is 32.2 Å². The summed E-state index contributed by atoms with van der Waals surface area (Å²) in [5.74, 6) is 0.121. The van der Waals surface area contributed by atoms with E-state index in [2.05, 4.69) is 17.4 Å². The Hall–Kier alpha value is -2.68. The van der Waals surface area contributed by atoms with Crippen molar-refractivity contribution in [3.8, 4) is 0 Å². The van der Waals surface area contributed by atoms with E-state index in [-0.39, 0.29) is 23.8 Å². The van der Waals surface area contributed by atoms with Crippen LogP contribution in [0.1, 0.15) is 18.4 Å². The molecule has 1 amide bonds. The van der Waals surface area contributed by atoms with E-state index in [1.807, 2.05) is 42.5 Å². The summed E-state index contributed by atoms with van der Waals surface area (Å²) in [6, 6.07) is 22.4. The minimum Gasteiger partial charge on any atom is -0.325 e. The van der Waals surface area contributed by atoms with Crippen LogP contribution in [0.2, 0.25) is 0 Å². The van der Waals surface area contributed by atoms with E-state index in [4.69, 9.17) is 0 Å². The van der Waals surface area contributed by atoms with E-state index < -0.39 is 15.8 Å². The first-order valence-corrected chi connectivity index (χ1v) is 12.6. The molecule has 3 aromatic rings. The van der Waals surface area contributed by atoms with Gasteiger partial charge in [-0.3, -0.25) is 4.79 Å². The number of rotatable bonds is 10.